The van der Waals surface area contributed by atoms with E-state index in [-0.39, 0.29) is 0 Å². The highest BCUT2D eigenvalue weighted by molar-refractivity contribution is 4.83. The fourth-order valence-corrected chi connectivity index (χ4v) is 3.94. The molecule has 2 fully saturated rings. The monoisotopic (exact) mass is 238 g/mol. The highest BCUT2D eigenvalue weighted by Gasteiger charge is 2.31. The van der Waals surface area contributed by atoms with Gasteiger partial charge in [0.05, 0.1) is 0 Å². The standard InChI is InChI=1S/C15H30N2/c1-17(2)12-15(13-6-4-3-5-7-13)14-8-10-16-11-9-14/h13-16H,3-12H2,1-2H3. The summed E-state index contributed by atoms with van der Waals surface area (Å²) in [6.45, 7) is 3.82. The molecular weight excluding hydrogens is 208 g/mol. The average Bonchev–Trinajstić information content (AvgIpc) is 2.38. The summed E-state index contributed by atoms with van der Waals surface area (Å²) in [7, 11) is 4.49. The van der Waals surface area contributed by atoms with E-state index in [0.717, 1.165) is 17.8 Å². The molecular formula is C15H30N2. The van der Waals surface area contributed by atoms with Crippen LogP contribution in [0, 0.1) is 17.8 Å². The van der Waals surface area contributed by atoms with E-state index in [1.54, 1.807) is 0 Å². The van der Waals surface area contributed by atoms with Gasteiger partial charge in [-0.15, -0.1) is 0 Å². The maximum absolute atomic E-state index is 3.51. The Labute approximate surface area is 107 Å². The molecule has 0 amide bonds. The van der Waals surface area contributed by atoms with E-state index in [0.29, 0.717) is 0 Å². The Balaban J connectivity index is 1.95. The first-order valence-corrected chi connectivity index (χ1v) is 7.63. The molecule has 0 aromatic rings. The Bertz CT molecular complexity index is 185. The minimum Gasteiger partial charge on any atom is -0.317 e. The van der Waals surface area contributed by atoms with Crippen molar-refractivity contribution in [3.8, 4) is 0 Å². The third kappa shape index (κ3) is 3.96. The van der Waals surface area contributed by atoms with Crippen molar-refractivity contribution in [2.75, 3.05) is 33.7 Å². The lowest BCUT2D eigenvalue weighted by Gasteiger charge is -2.39. The smallest absolute Gasteiger partial charge is 0.000887 e. The second kappa shape index (κ2) is 6.75. The van der Waals surface area contributed by atoms with Crippen LogP contribution in [-0.2, 0) is 0 Å². The van der Waals surface area contributed by atoms with Crippen LogP contribution in [-0.4, -0.2) is 38.6 Å². The fourth-order valence-electron chi connectivity index (χ4n) is 3.94. The molecule has 0 radical (unpaired) electrons. The molecule has 0 bridgehead atoms. The SMILES string of the molecule is CN(C)CC(C1CCCCC1)C1CCNCC1. The van der Waals surface area contributed by atoms with E-state index in [4.69, 9.17) is 0 Å². The van der Waals surface area contributed by atoms with Crippen LogP contribution in [0.4, 0.5) is 0 Å². The molecule has 2 nitrogen and oxygen atoms in total. The van der Waals surface area contributed by atoms with Crippen molar-refractivity contribution in [1.82, 2.24) is 10.2 Å². The van der Waals surface area contributed by atoms with Crippen LogP contribution < -0.4 is 5.32 Å². The molecule has 1 saturated carbocycles. The van der Waals surface area contributed by atoms with Gasteiger partial charge in [0.2, 0.25) is 0 Å². The highest BCUT2D eigenvalue weighted by Crippen LogP contribution is 2.37. The molecule has 2 rings (SSSR count). The van der Waals surface area contributed by atoms with Gasteiger partial charge in [-0.05, 0) is 57.8 Å². The van der Waals surface area contributed by atoms with E-state index in [9.17, 15) is 0 Å². The van der Waals surface area contributed by atoms with Crippen molar-refractivity contribution in [3.63, 3.8) is 0 Å². The zero-order valence-corrected chi connectivity index (χ0v) is 11.8. The summed E-state index contributed by atoms with van der Waals surface area (Å²) in [5.74, 6) is 2.98. The molecule has 1 heterocycles. The van der Waals surface area contributed by atoms with Crippen LogP contribution in [0.15, 0.2) is 0 Å². The van der Waals surface area contributed by atoms with Crippen LogP contribution in [0.2, 0.25) is 0 Å². The van der Waals surface area contributed by atoms with E-state index in [2.05, 4.69) is 24.3 Å². The van der Waals surface area contributed by atoms with Crippen molar-refractivity contribution in [1.29, 1.82) is 0 Å². The predicted octanol–water partition coefficient (Wildman–Crippen LogP) is 2.74. The summed E-state index contributed by atoms with van der Waals surface area (Å²) >= 11 is 0. The minimum absolute atomic E-state index is 0.965. The number of nitrogens with one attached hydrogen (secondary N) is 1. The molecule has 0 aromatic heterocycles. The normalized spacial score (nSPS) is 26.3. The first-order valence-electron chi connectivity index (χ1n) is 7.63. The maximum Gasteiger partial charge on any atom is 0.000887 e. The van der Waals surface area contributed by atoms with Crippen molar-refractivity contribution in [3.05, 3.63) is 0 Å². The molecule has 0 aromatic carbocycles. The Morgan fingerprint density at radius 1 is 0.941 bits per heavy atom. The predicted molar refractivity (Wildman–Crippen MR) is 74.2 cm³/mol. The van der Waals surface area contributed by atoms with Gasteiger partial charge in [-0.1, -0.05) is 32.1 Å². The topological polar surface area (TPSA) is 15.3 Å². The molecule has 0 spiro atoms. The van der Waals surface area contributed by atoms with Crippen LogP contribution >= 0.6 is 0 Å². The first-order chi connectivity index (χ1) is 8.27. The van der Waals surface area contributed by atoms with Crippen molar-refractivity contribution in [2.45, 2.75) is 44.9 Å². The molecule has 17 heavy (non-hydrogen) atoms. The second-order valence-corrected chi connectivity index (χ2v) is 6.41. The molecule has 2 aliphatic rings. The quantitative estimate of drug-likeness (QED) is 0.810. The summed E-state index contributed by atoms with van der Waals surface area (Å²) < 4.78 is 0. The van der Waals surface area contributed by atoms with Gasteiger partial charge < -0.3 is 10.2 Å². The molecule has 2 heteroatoms. The van der Waals surface area contributed by atoms with E-state index in [1.165, 1.54) is 64.6 Å². The lowest BCUT2D eigenvalue weighted by atomic mass is 9.71. The third-order valence-electron chi connectivity index (χ3n) is 4.82. The number of hydrogen-bond acceptors (Lipinski definition) is 2. The van der Waals surface area contributed by atoms with Crippen LogP contribution in [0.1, 0.15) is 44.9 Å². The lowest BCUT2D eigenvalue weighted by Crippen LogP contribution is -2.39. The van der Waals surface area contributed by atoms with Gasteiger partial charge in [0.25, 0.3) is 0 Å². The average molecular weight is 238 g/mol. The fraction of sp³-hybridized carbons (Fsp3) is 1.00. The van der Waals surface area contributed by atoms with Crippen LogP contribution in [0.25, 0.3) is 0 Å². The number of hydrogen-bond donors (Lipinski definition) is 1. The second-order valence-electron chi connectivity index (χ2n) is 6.41. The largest absolute Gasteiger partial charge is 0.317 e. The molecule has 1 N–H and O–H groups in total. The lowest BCUT2D eigenvalue weighted by molar-refractivity contribution is 0.118. The highest BCUT2D eigenvalue weighted by atomic mass is 15.1. The van der Waals surface area contributed by atoms with E-state index < -0.39 is 0 Å². The third-order valence-corrected chi connectivity index (χ3v) is 4.82. The van der Waals surface area contributed by atoms with Crippen LogP contribution in [0.5, 0.6) is 0 Å². The summed E-state index contributed by atoms with van der Waals surface area (Å²) in [5, 5.41) is 3.51. The van der Waals surface area contributed by atoms with E-state index in [1.807, 2.05) is 0 Å². The Morgan fingerprint density at radius 2 is 1.53 bits per heavy atom. The Morgan fingerprint density at radius 3 is 2.12 bits per heavy atom. The van der Waals surface area contributed by atoms with Gasteiger partial charge in [0.15, 0.2) is 0 Å². The zero-order chi connectivity index (χ0) is 12.1. The van der Waals surface area contributed by atoms with Crippen molar-refractivity contribution < 1.29 is 0 Å². The van der Waals surface area contributed by atoms with Gasteiger partial charge in [-0.2, -0.15) is 0 Å². The summed E-state index contributed by atoms with van der Waals surface area (Å²) in [6, 6.07) is 0. The van der Waals surface area contributed by atoms with Crippen LogP contribution in [0.3, 0.4) is 0 Å². The van der Waals surface area contributed by atoms with Gasteiger partial charge in [0, 0.05) is 6.54 Å². The first kappa shape index (κ1) is 13.4. The molecule has 100 valence electrons. The Kier molecular flexibility index (Phi) is 5.30. The molecule has 1 saturated heterocycles. The van der Waals surface area contributed by atoms with Gasteiger partial charge in [0.1, 0.15) is 0 Å². The zero-order valence-electron chi connectivity index (χ0n) is 11.8. The molecule has 1 unspecified atom stereocenters. The van der Waals surface area contributed by atoms with Crippen molar-refractivity contribution in [2.24, 2.45) is 17.8 Å². The molecule has 1 aliphatic carbocycles. The Hall–Kier alpha value is -0.0800. The number of piperidine rings is 1. The minimum atomic E-state index is 0.965. The summed E-state index contributed by atoms with van der Waals surface area (Å²) in [5.41, 5.74) is 0. The van der Waals surface area contributed by atoms with E-state index >= 15 is 0 Å². The number of nitrogens with zero attached hydrogens (tertiary/aromatic N) is 1. The van der Waals surface area contributed by atoms with Crippen molar-refractivity contribution >= 4 is 0 Å². The van der Waals surface area contributed by atoms with Gasteiger partial charge >= 0.3 is 0 Å². The maximum atomic E-state index is 3.51. The molecule has 1 atom stereocenters. The summed E-state index contributed by atoms with van der Waals surface area (Å²) in [4.78, 5) is 2.42. The molecule has 1 aliphatic heterocycles. The van der Waals surface area contributed by atoms with Gasteiger partial charge in [-0.3, -0.25) is 0 Å². The van der Waals surface area contributed by atoms with Gasteiger partial charge in [-0.25, -0.2) is 0 Å². The summed E-state index contributed by atoms with van der Waals surface area (Å²) in [6.07, 6.45) is 10.3. The number of rotatable bonds is 4.